The lowest BCUT2D eigenvalue weighted by atomic mass is 10.1. The number of fused-ring (bicyclic) bond motifs is 1. The van der Waals surface area contributed by atoms with Gasteiger partial charge in [-0.3, -0.25) is 14.4 Å². The van der Waals surface area contributed by atoms with Crippen LogP contribution in [0.1, 0.15) is 26.3 Å². The van der Waals surface area contributed by atoms with Gasteiger partial charge in [0.05, 0.1) is 32.4 Å². The van der Waals surface area contributed by atoms with Crippen molar-refractivity contribution in [2.24, 2.45) is 11.8 Å². The molecular weight excluding hydrogens is 374 g/mol. The molecular formula is C21H23N3O5. The topological polar surface area (TPSA) is 98.7 Å². The van der Waals surface area contributed by atoms with E-state index in [2.05, 4.69) is 10.6 Å². The van der Waals surface area contributed by atoms with Crippen molar-refractivity contribution in [3.05, 3.63) is 63.6 Å². The Morgan fingerprint density at radius 2 is 1.97 bits per heavy atom. The summed E-state index contributed by atoms with van der Waals surface area (Å²) >= 11 is 0. The maximum atomic E-state index is 12.8. The molecule has 0 spiro atoms. The highest BCUT2D eigenvalue weighted by Crippen LogP contribution is 2.44. The normalized spacial score (nSPS) is 21.9. The first-order valence-electron chi connectivity index (χ1n) is 9.50. The third-order valence-electron chi connectivity index (χ3n) is 5.56. The predicted octanol–water partition coefficient (Wildman–Crippen LogP) is 0.639. The molecule has 8 heteroatoms. The van der Waals surface area contributed by atoms with Crippen LogP contribution in [0.5, 0.6) is 5.75 Å². The van der Waals surface area contributed by atoms with Gasteiger partial charge in [-0.05, 0) is 23.8 Å². The van der Waals surface area contributed by atoms with Crippen molar-refractivity contribution in [1.82, 2.24) is 15.2 Å². The lowest BCUT2D eigenvalue weighted by Gasteiger charge is -2.13. The average molecular weight is 397 g/mol. The van der Waals surface area contributed by atoms with E-state index in [0.29, 0.717) is 30.8 Å². The monoisotopic (exact) mass is 397 g/mol. The van der Waals surface area contributed by atoms with E-state index in [4.69, 9.17) is 9.47 Å². The number of pyridine rings is 1. The zero-order chi connectivity index (χ0) is 20.5. The summed E-state index contributed by atoms with van der Waals surface area (Å²) in [6, 6.07) is 8.74. The summed E-state index contributed by atoms with van der Waals surface area (Å²) in [6.45, 7) is 1.53. The first-order chi connectivity index (χ1) is 14.0. The molecule has 1 saturated carbocycles. The van der Waals surface area contributed by atoms with E-state index in [0.717, 1.165) is 5.56 Å². The van der Waals surface area contributed by atoms with Crippen LogP contribution < -0.4 is 20.9 Å². The van der Waals surface area contributed by atoms with E-state index >= 15 is 0 Å². The van der Waals surface area contributed by atoms with Gasteiger partial charge in [0.2, 0.25) is 0 Å². The molecule has 1 aromatic heterocycles. The summed E-state index contributed by atoms with van der Waals surface area (Å²) in [7, 11) is 3.02. The van der Waals surface area contributed by atoms with Crippen LogP contribution in [-0.2, 0) is 11.3 Å². The molecule has 152 valence electrons. The number of ether oxygens (including phenoxy) is 2. The molecule has 1 saturated heterocycles. The quantitative estimate of drug-likeness (QED) is 0.745. The maximum absolute atomic E-state index is 12.8. The van der Waals surface area contributed by atoms with Gasteiger partial charge in [0.15, 0.2) is 0 Å². The van der Waals surface area contributed by atoms with Gasteiger partial charge >= 0.3 is 0 Å². The first-order valence-corrected chi connectivity index (χ1v) is 9.50. The van der Waals surface area contributed by atoms with E-state index in [1.165, 1.54) is 23.9 Å². The highest BCUT2D eigenvalue weighted by molar-refractivity contribution is 5.99. The van der Waals surface area contributed by atoms with E-state index in [1.807, 2.05) is 24.3 Å². The second-order valence-corrected chi connectivity index (χ2v) is 7.37. The minimum atomic E-state index is -0.527. The molecule has 1 aliphatic carbocycles. The second kappa shape index (κ2) is 7.71. The number of carbonyl (C=O) groups excluding carboxylic acids is 2. The molecule has 8 nitrogen and oxygen atoms in total. The maximum Gasteiger partial charge on any atom is 0.263 e. The van der Waals surface area contributed by atoms with Crippen molar-refractivity contribution in [2.45, 2.75) is 12.6 Å². The standard InChI is InChI=1S/C21H23N3O5/c1-22-20(26)15-7-13(19(25)23-18-16-10-29-11-17(16)18)9-24(21(15)27)8-12-4-3-5-14(6-12)28-2/h3-7,9,16-18H,8,10-11H2,1-2H3,(H,22,26)(H,23,25)/t16-,17+,18-. The number of amides is 2. The van der Waals surface area contributed by atoms with Crippen molar-refractivity contribution in [2.75, 3.05) is 27.4 Å². The number of nitrogens with one attached hydrogen (secondary N) is 2. The fraction of sp³-hybridized carbons (Fsp3) is 0.381. The molecule has 0 unspecified atom stereocenters. The zero-order valence-corrected chi connectivity index (χ0v) is 16.3. The van der Waals surface area contributed by atoms with Crippen molar-refractivity contribution >= 4 is 11.8 Å². The van der Waals surface area contributed by atoms with Crippen LogP contribution in [-0.4, -0.2) is 49.8 Å². The Bertz CT molecular complexity index is 1010. The summed E-state index contributed by atoms with van der Waals surface area (Å²) in [5, 5.41) is 5.46. The minimum Gasteiger partial charge on any atom is -0.497 e. The Morgan fingerprint density at radius 1 is 1.21 bits per heavy atom. The number of rotatable bonds is 6. The molecule has 0 radical (unpaired) electrons. The van der Waals surface area contributed by atoms with Crippen LogP contribution >= 0.6 is 0 Å². The Hall–Kier alpha value is -3.13. The Morgan fingerprint density at radius 3 is 2.66 bits per heavy atom. The van der Waals surface area contributed by atoms with Gasteiger partial charge in [-0.15, -0.1) is 0 Å². The molecule has 3 atom stereocenters. The number of carbonyl (C=O) groups is 2. The van der Waals surface area contributed by atoms with Gasteiger partial charge in [0.25, 0.3) is 17.4 Å². The molecule has 2 aliphatic rings. The van der Waals surface area contributed by atoms with Gasteiger partial charge < -0.3 is 24.7 Å². The first kappa shape index (κ1) is 19.2. The van der Waals surface area contributed by atoms with Crippen molar-refractivity contribution in [3.8, 4) is 5.75 Å². The fourth-order valence-electron chi connectivity index (χ4n) is 3.83. The second-order valence-electron chi connectivity index (χ2n) is 7.37. The lowest BCUT2D eigenvalue weighted by Crippen LogP contribution is -2.35. The summed E-state index contributed by atoms with van der Waals surface area (Å²) in [5.41, 5.74) is 0.570. The number of methoxy groups -OCH3 is 1. The molecule has 1 aromatic carbocycles. The van der Waals surface area contributed by atoms with Crippen molar-refractivity contribution in [1.29, 1.82) is 0 Å². The Labute approximate surface area is 167 Å². The van der Waals surface area contributed by atoms with E-state index in [-0.39, 0.29) is 29.6 Å². The molecule has 0 bridgehead atoms. The van der Waals surface area contributed by atoms with Crippen LogP contribution in [0, 0.1) is 11.8 Å². The van der Waals surface area contributed by atoms with Crippen LogP contribution in [0.2, 0.25) is 0 Å². The van der Waals surface area contributed by atoms with Gasteiger partial charge in [0.1, 0.15) is 11.3 Å². The molecule has 2 fully saturated rings. The average Bonchev–Trinajstić information content (AvgIpc) is 3.14. The zero-order valence-electron chi connectivity index (χ0n) is 16.3. The van der Waals surface area contributed by atoms with Gasteiger partial charge in [-0.1, -0.05) is 12.1 Å². The summed E-state index contributed by atoms with van der Waals surface area (Å²) < 4.78 is 12.0. The van der Waals surface area contributed by atoms with Gasteiger partial charge in [0, 0.05) is 31.1 Å². The summed E-state index contributed by atoms with van der Waals surface area (Å²) in [5.74, 6) is 0.563. The largest absolute Gasteiger partial charge is 0.497 e. The lowest BCUT2D eigenvalue weighted by molar-refractivity contribution is 0.0928. The molecule has 4 rings (SSSR count). The Balaban J connectivity index is 1.64. The van der Waals surface area contributed by atoms with Crippen molar-refractivity contribution in [3.63, 3.8) is 0 Å². The number of aromatic nitrogens is 1. The fourth-order valence-corrected chi connectivity index (χ4v) is 3.83. The number of hydrogen-bond donors (Lipinski definition) is 2. The molecule has 1 aliphatic heterocycles. The number of nitrogens with zero attached hydrogens (tertiary/aromatic N) is 1. The molecule has 2 heterocycles. The number of benzene rings is 1. The van der Waals surface area contributed by atoms with Crippen LogP contribution in [0.3, 0.4) is 0 Å². The van der Waals surface area contributed by atoms with Crippen LogP contribution in [0.15, 0.2) is 41.3 Å². The van der Waals surface area contributed by atoms with Crippen molar-refractivity contribution < 1.29 is 19.1 Å². The van der Waals surface area contributed by atoms with Crippen LogP contribution in [0.25, 0.3) is 0 Å². The molecule has 2 N–H and O–H groups in total. The van der Waals surface area contributed by atoms with Gasteiger partial charge in [-0.25, -0.2) is 0 Å². The summed E-state index contributed by atoms with van der Waals surface area (Å²) in [6.07, 6.45) is 1.50. The van der Waals surface area contributed by atoms with E-state index < -0.39 is 11.5 Å². The third-order valence-corrected chi connectivity index (χ3v) is 5.56. The third kappa shape index (κ3) is 3.75. The van der Waals surface area contributed by atoms with E-state index in [9.17, 15) is 14.4 Å². The van der Waals surface area contributed by atoms with Gasteiger partial charge in [-0.2, -0.15) is 0 Å². The highest BCUT2D eigenvalue weighted by Gasteiger charge is 2.54. The molecule has 29 heavy (non-hydrogen) atoms. The minimum absolute atomic E-state index is 0.0672. The SMILES string of the molecule is CNC(=O)c1cc(C(=O)N[C@@H]2[C@@H]3COC[C@@H]32)cn(Cc2cccc(OC)c2)c1=O. The number of hydrogen-bond acceptors (Lipinski definition) is 5. The predicted molar refractivity (Wildman–Crippen MR) is 105 cm³/mol. The van der Waals surface area contributed by atoms with Crippen LogP contribution in [0.4, 0.5) is 0 Å². The molecule has 2 aromatic rings. The smallest absolute Gasteiger partial charge is 0.263 e. The Kier molecular flexibility index (Phi) is 5.10. The highest BCUT2D eigenvalue weighted by atomic mass is 16.5. The molecule has 2 amide bonds. The summed E-state index contributed by atoms with van der Waals surface area (Å²) in [4.78, 5) is 37.8. The van der Waals surface area contributed by atoms with E-state index in [1.54, 1.807) is 7.11 Å².